The summed E-state index contributed by atoms with van der Waals surface area (Å²) in [6.45, 7) is 0. The van der Waals surface area contributed by atoms with E-state index >= 15 is 0 Å². The molecule has 3 N–H and O–H groups in total. The van der Waals surface area contributed by atoms with Crippen LogP contribution in [0.3, 0.4) is 0 Å². The van der Waals surface area contributed by atoms with Gasteiger partial charge in [0.1, 0.15) is 6.21 Å². The molecule has 0 unspecified atom stereocenters. The highest BCUT2D eigenvalue weighted by Gasteiger charge is 2.08. The third kappa shape index (κ3) is 3.33. The van der Waals surface area contributed by atoms with Crippen LogP contribution in [0.2, 0.25) is 0 Å². The smallest absolute Gasteiger partial charge is 0.294 e. The molecule has 0 fully saturated rings. The summed E-state index contributed by atoms with van der Waals surface area (Å²) in [4.78, 5) is 10.6. The van der Waals surface area contributed by atoms with Crippen molar-refractivity contribution in [3.8, 4) is 0 Å². The van der Waals surface area contributed by atoms with Gasteiger partial charge in [0.05, 0.1) is 4.90 Å². The van der Waals surface area contributed by atoms with Gasteiger partial charge in [-0.3, -0.25) is 9.35 Å². The normalized spacial score (nSPS) is 11.6. The second kappa shape index (κ2) is 4.73. The predicted molar refractivity (Wildman–Crippen MR) is 55.2 cm³/mol. The lowest BCUT2D eigenvalue weighted by Crippen LogP contribution is -2.12. The molecule has 1 amide bonds. The maximum absolute atomic E-state index is 10.9. The average Bonchev–Trinajstić information content (AvgIpc) is 2.17. The van der Waals surface area contributed by atoms with E-state index in [1.165, 1.54) is 12.1 Å². The predicted octanol–water partition coefficient (Wildman–Crippen LogP) is 0.332. The molecule has 0 radical (unpaired) electrons. The molecule has 0 aromatic heterocycles. The van der Waals surface area contributed by atoms with E-state index in [1.54, 1.807) is 0 Å². The van der Waals surface area contributed by atoms with Gasteiger partial charge in [0.15, 0.2) is 0 Å². The third-order valence-corrected chi connectivity index (χ3v) is 2.46. The fraction of sp³-hybridized carbons (Fsp3) is 0. The fourth-order valence-electron chi connectivity index (χ4n) is 0.937. The third-order valence-electron chi connectivity index (χ3n) is 1.59. The summed E-state index contributed by atoms with van der Waals surface area (Å²) in [5.74, 6) is -0.665. The Labute approximate surface area is 91.1 Å². The first kappa shape index (κ1) is 12.1. The van der Waals surface area contributed by atoms with E-state index in [-0.39, 0.29) is 4.90 Å². The summed E-state index contributed by atoms with van der Waals surface area (Å²) in [6.07, 6.45) is 0.650. The Balaban J connectivity index is 2.84. The van der Waals surface area contributed by atoms with Crippen LogP contribution in [0.15, 0.2) is 34.3 Å². The lowest BCUT2D eigenvalue weighted by Gasteiger charge is -2.02. The molecule has 7 nitrogen and oxygen atoms in total. The Hall–Kier alpha value is -1.93. The van der Waals surface area contributed by atoms with Crippen LogP contribution in [0.1, 0.15) is 0 Å². The number of amides is 1. The van der Waals surface area contributed by atoms with Crippen molar-refractivity contribution in [1.29, 1.82) is 0 Å². The number of rotatable bonds is 3. The van der Waals surface area contributed by atoms with Crippen LogP contribution < -0.4 is 5.32 Å². The molecular weight excluding hydrogens is 236 g/mol. The summed E-state index contributed by atoms with van der Waals surface area (Å²) >= 11 is 0. The second-order valence-corrected chi connectivity index (χ2v) is 4.15. The molecule has 0 bridgehead atoms. The summed E-state index contributed by atoms with van der Waals surface area (Å²) in [7, 11) is -4.24. The molecule has 1 aromatic carbocycles. The van der Waals surface area contributed by atoms with Gasteiger partial charge in [-0.1, -0.05) is 5.16 Å². The number of carbonyl (C=O) groups excluding carboxylic acids is 1. The number of benzene rings is 1. The van der Waals surface area contributed by atoms with Crippen LogP contribution >= 0.6 is 0 Å². The van der Waals surface area contributed by atoms with Crippen LogP contribution in [-0.2, 0) is 14.9 Å². The molecule has 0 aliphatic carbocycles. The Morgan fingerprint density at radius 2 is 1.88 bits per heavy atom. The highest BCUT2D eigenvalue weighted by molar-refractivity contribution is 7.85. The number of oxime groups is 1. The summed E-state index contributed by atoms with van der Waals surface area (Å²) in [5.41, 5.74) is 0.303. The molecular formula is C8H8N2O5S. The molecule has 8 heteroatoms. The van der Waals surface area contributed by atoms with Crippen molar-refractivity contribution >= 4 is 27.9 Å². The van der Waals surface area contributed by atoms with Gasteiger partial charge in [0, 0.05) is 5.69 Å². The zero-order valence-electron chi connectivity index (χ0n) is 7.86. The van der Waals surface area contributed by atoms with E-state index in [4.69, 9.17) is 9.76 Å². The van der Waals surface area contributed by atoms with Gasteiger partial charge in [-0.2, -0.15) is 8.42 Å². The van der Waals surface area contributed by atoms with Gasteiger partial charge in [0.25, 0.3) is 16.0 Å². The zero-order chi connectivity index (χ0) is 12.2. The highest BCUT2D eigenvalue weighted by Crippen LogP contribution is 2.13. The minimum Gasteiger partial charge on any atom is -0.411 e. The van der Waals surface area contributed by atoms with E-state index in [0.717, 1.165) is 12.1 Å². The molecule has 16 heavy (non-hydrogen) atoms. The first-order valence-electron chi connectivity index (χ1n) is 3.99. The maximum Gasteiger partial charge on any atom is 0.294 e. The standard InChI is InChI=1S/C8H8N2O5S/c11-8(5-9-12)10-6-1-3-7(4-2-6)16(13,14)15/h1-5,12H,(H,10,11)(H,13,14,15). The van der Waals surface area contributed by atoms with Gasteiger partial charge < -0.3 is 10.5 Å². The number of hydrogen-bond donors (Lipinski definition) is 3. The minimum atomic E-state index is -4.24. The van der Waals surface area contributed by atoms with Gasteiger partial charge in [-0.25, -0.2) is 0 Å². The van der Waals surface area contributed by atoms with Crippen molar-refractivity contribution in [1.82, 2.24) is 0 Å². The largest absolute Gasteiger partial charge is 0.411 e. The Morgan fingerprint density at radius 1 is 1.31 bits per heavy atom. The van der Waals surface area contributed by atoms with Crippen molar-refractivity contribution < 1.29 is 23.0 Å². The number of nitrogens with zero attached hydrogens (tertiary/aromatic N) is 1. The molecule has 0 saturated carbocycles. The SMILES string of the molecule is O=C(C=NO)Nc1ccc(S(=O)(=O)O)cc1. The monoisotopic (exact) mass is 244 g/mol. The fourth-order valence-corrected chi connectivity index (χ4v) is 1.42. The van der Waals surface area contributed by atoms with Crippen LogP contribution in [-0.4, -0.2) is 30.3 Å². The van der Waals surface area contributed by atoms with Crippen LogP contribution in [0.25, 0.3) is 0 Å². The van der Waals surface area contributed by atoms with Crippen LogP contribution in [0.4, 0.5) is 5.69 Å². The van der Waals surface area contributed by atoms with Gasteiger partial charge in [-0.05, 0) is 24.3 Å². The molecule has 0 aliphatic heterocycles. The van der Waals surface area contributed by atoms with E-state index < -0.39 is 16.0 Å². The number of nitrogens with one attached hydrogen (secondary N) is 1. The number of carbonyl (C=O) groups is 1. The molecule has 0 aliphatic rings. The molecule has 0 spiro atoms. The summed E-state index contributed by atoms with van der Waals surface area (Å²) in [5, 5.41) is 12.9. The van der Waals surface area contributed by atoms with E-state index in [2.05, 4.69) is 10.5 Å². The van der Waals surface area contributed by atoms with Crippen LogP contribution in [0, 0.1) is 0 Å². The molecule has 0 heterocycles. The van der Waals surface area contributed by atoms with E-state index in [9.17, 15) is 13.2 Å². The molecule has 1 aromatic rings. The van der Waals surface area contributed by atoms with Crippen LogP contribution in [0.5, 0.6) is 0 Å². The van der Waals surface area contributed by atoms with E-state index in [0.29, 0.717) is 11.9 Å². The summed E-state index contributed by atoms with van der Waals surface area (Å²) < 4.78 is 30.0. The van der Waals surface area contributed by atoms with Gasteiger partial charge >= 0.3 is 0 Å². The van der Waals surface area contributed by atoms with Crippen molar-refractivity contribution in [3.63, 3.8) is 0 Å². The first-order valence-corrected chi connectivity index (χ1v) is 5.43. The van der Waals surface area contributed by atoms with Crippen molar-refractivity contribution in [2.45, 2.75) is 4.90 Å². The van der Waals surface area contributed by atoms with Gasteiger partial charge in [-0.15, -0.1) is 0 Å². The maximum atomic E-state index is 10.9. The highest BCUT2D eigenvalue weighted by atomic mass is 32.2. The zero-order valence-corrected chi connectivity index (χ0v) is 8.68. The lowest BCUT2D eigenvalue weighted by atomic mass is 10.3. The average molecular weight is 244 g/mol. The first-order chi connectivity index (χ1) is 7.43. The topological polar surface area (TPSA) is 116 Å². The Morgan fingerprint density at radius 3 is 2.31 bits per heavy atom. The molecule has 0 atom stereocenters. The summed E-state index contributed by atoms with van der Waals surface area (Å²) in [6, 6.07) is 4.82. The Bertz CT molecular complexity index is 506. The molecule has 1 rings (SSSR count). The second-order valence-electron chi connectivity index (χ2n) is 2.73. The van der Waals surface area contributed by atoms with Crippen molar-refractivity contribution in [2.24, 2.45) is 5.16 Å². The lowest BCUT2D eigenvalue weighted by molar-refractivity contribution is -0.110. The van der Waals surface area contributed by atoms with Crippen molar-refractivity contribution in [2.75, 3.05) is 5.32 Å². The van der Waals surface area contributed by atoms with Crippen molar-refractivity contribution in [3.05, 3.63) is 24.3 Å². The molecule has 0 saturated heterocycles. The quantitative estimate of drug-likeness (QED) is 0.306. The minimum absolute atomic E-state index is 0.277. The van der Waals surface area contributed by atoms with E-state index in [1.807, 2.05) is 0 Å². The number of anilines is 1. The molecule has 86 valence electrons. The Kier molecular flexibility index (Phi) is 3.59. The number of hydrogen-bond acceptors (Lipinski definition) is 5. The van der Waals surface area contributed by atoms with Gasteiger partial charge in [0.2, 0.25) is 0 Å².